The van der Waals surface area contributed by atoms with Gasteiger partial charge in [-0.05, 0) is 32.0 Å². The van der Waals surface area contributed by atoms with Crippen LogP contribution in [0.15, 0.2) is 42.6 Å². The molecule has 0 radical (unpaired) electrons. The summed E-state index contributed by atoms with van der Waals surface area (Å²) in [7, 11) is 0. The molecule has 0 aliphatic heterocycles. The molecule has 0 fully saturated rings. The number of hydrogen-bond donors (Lipinski definition) is 0. The van der Waals surface area contributed by atoms with Gasteiger partial charge in [0.1, 0.15) is 11.5 Å². The van der Waals surface area contributed by atoms with Crippen molar-refractivity contribution < 1.29 is 4.79 Å². The number of nitrogens with zero attached hydrogens (tertiary/aromatic N) is 3. The lowest BCUT2D eigenvalue weighted by atomic mass is 10.2. The van der Waals surface area contributed by atoms with Gasteiger partial charge in [-0.25, -0.2) is 9.97 Å². The molecular formula is C14H15N3O. The number of aromatic nitrogens is 2. The van der Waals surface area contributed by atoms with Gasteiger partial charge in [0.05, 0.1) is 0 Å². The predicted octanol–water partition coefficient (Wildman–Crippen LogP) is 2.45. The number of hydrogen-bond acceptors (Lipinski definition) is 3. The average molecular weight is 241 g/mol. The van der Waals surface area contributed by atoms with Gasteiger partial charge in [0, 0.05) is 18.4 Å². The summed E-state index contributed by atoms with van der Waals surface area (Å²) in [5, 5.41) is 0. The number of aryl methyl sites for hydroxylation is 1. The van der Waals surface area contributed by atoms with Crippen LogP contribution in [0.2, 0.25) is 0 Å². The zero-order valence-corrected chi connectivity index (χ0v) is 10.5. The molecule has 4 heteroatoms. The number of rotatable bonds is 3. The van der Waals surface area contributed by atoms with Crippen molar-refractivity contribution in [2.24, 2.45) is 0 Å². The average Bonchev–Trinajstić information content (AvgIpc) is 2.41. The highest BCUT2D eigenvalue weighted by Crippen LogP contribution is 2.15. The number of amides is 1. The Labute approximate surface area is 106 Å². The van der Waals surface area contributed by atoms with E-state index in [0.717, 1.165) is 5.69 Å². The second-order valence-corrected chi connectivity index (χ2v) is 3.87. The third kappa shape index (κ3) is 2.53. The van der Waals surface area contributed by atoms with E-state index in [4.69, 9.17) is 0 Å². The fourth-order valence-electron chi connectivity index (χ4n) is 1.76. The molecule has 0 aliphatic rings. The van der Waals surface area contributed by atoms with Gasteiger partial charge in [-0.1, -0.05) is 18.2 Å². The molecule has 92 valence electrons. The normalized spacial score (nSPS) is 10.1. The fourth-order valence-corrected chi connectivity index (χ4v) is 1.76. The zero-order chi connectivity index (χ0) is 13.0. The van der Waals surface area contributed by atoms with Crippen LogP contribution in [0.3, 0.4) is 0 Å². The van der Waals surface area contributed by atoms with Crippen LogP contribution < -0.4 is 4.90 Å². The van der Waals surface area contributed by atoms with Crippen molar-refractivity contribution in [3.05, 3.63) is 54.1 Å². The molecule has 2 rings (SSSR count). The molecule has 0 unspecified atom stereocenters. The van der Waals surface area contributed by atoms with Crippen molar-refractivity contribution >= 4 is 11.6 Å². The number of carbonyl (C=O) groups excluding carboxylic acids is 1. The Morgan fingerprint density at radius 3 is 2.56 bits per heavy atom. The maximum atomic E-state index is 12.4. The second-order valence-electron chi connectivity index (χ2n) is 3.87. The van der Waals surface area contributed by atoms with E-state index in [1.54, 1.807) is 24.1 Å². The van der Waals surface area contributed by atoms with Gasteiger partial charge in [0.15, 0.2) is 0 Å². The molecule has 1 aromatic carbocycles. The molecule has 0 N–H and O–H groups in total. The van der Waals surface area contributed by atoms with E-state index in [9.17, 15) is 4.79 Å². The first-order valence-electron chi connectivity index (χ1n) is 5.89. The van der Waals surface area contributed by atoms with E-state index in [1.807, 2.05) is 37.3 Å². The Kier molecular flexibility index (Phi) is 3.67. The van der Waals surface area contributed by atoms with Crippen LogP contribution >= 0.6 is 0 Å². The smallest absolute Gasteiger partial charge is 0.276 e. The van der Waals surface area contributed by atoms with Gasteiger partial charge < -0.3 is 4.90 Å². The molecule has 1 amide bonds. The fraction of sp³-hybridized carbons (Fsp3) is 0.214. The molecule has 0 atom stereocenters. The van der Waals surface area contributed by atoms with Gasteiger partial charge in [-0.15, -0.1) is 0 Å². The first kappa shape index (κ1) is 12.2. The first-order chi connectivity index (χ1) is 8.72. The van der Waals surface area contributed by atoms with Gasteiger partial charge in [0.2, 0.25) is 0 Å². The minimum Gasteiger partial charge on any atom is -0.307 e. The summed E-state index contributed by atoms with van der Waals surface area (Å²) >= 11 is 0. The summed E-state index contributed by atoms with van der Waals surface area (Å²) in [5.41, 5.74) is 1.30. The standard InChI is InChI=1S/C14H15N3O/c1-3-17(12-7-5-4-6-8-12)14(18)13-9-10-15-11(2)16-13/h4-10H,3H2,1-2H3. The molecule has 0 aliphatic carbocycles. The lowest BCUT2D eigenvalue weighted by Crippen LogP contribution is -2.31. The van der Waals surface area contributed by atoms with E-state index < -0.39 is 0 Å². The van der Waals surface area contributed by atoms with Crippen molar-refractivity contribution in [1.29, 1.82) is 0 Å². The summed E-state index contributed by atoms with van der Waals surface area (Å²) in [6, 6.07) is 11.2. The Morgan fingerprint density at radius 1 is 1.22 bits per heavy atom. The summed E-state index contributed by atoms with van der Waals surface area (Å²) in [5.74, 6) is 0.499. The minimum atomic E-state index is -0.103. The van der Waals surface area contributed by atoms with Crippen molar-refractivity contribution in [3.63, 3.8) is 0 Å². The molecule has 2 aromatic rings. The van der Waals surface area contributed by atoms with E-state index in [0.29, 0.717) is 18.1 Å². The highest BCUT2D eigenvalue weighted by Gasteiger charge is 2.17. The number of carbonyl (C=O) groups is 1. The van der Waals surface area contributed by atoms with Gasteiger partial charge >= 0.3 is 0 Å². The van der Waals surface area contributed by atoms with Crippen LogP contribution in [0.5, 0.6) is 0 Å². The summed E-state index contributed by atoms with van der Waals surface area (Å²) < 4.78 is 0. The number of anilines is 1. The molecular weight excluding hydrogens is 226 g/mol. The second kappa shape index (κ2) is 5.40. The molecule has 18 heavy (non-hydrogen) atoms. The third-order valence-corrected chi connectivity index (χ3v) is 2.62. The summed E-state index contributed by atoms with van der Waals surface area (Å²) in [6.45, 7) is 4.32. The molecule has 0 spiro atoms. The lowest BCUT2D eigenvalue weighted by Gasteiger charge is -2.20. The highest BCUT2D eigenvalue weighted by atomic mass is 16.2. The Morgan fingerprint density at radius 2 is 1.94 bits per heavy atom. The van der Waals surface area contributed by atoms with E-state index in [-0.39, 0.29) is 5.91 Å². The highest BCUT2D eigenvalue weighted by molar-refractivity contribution is 6.04. The minimum absolute atomic E-state index is 0.103. The number of benzene rings is 1. The molecule has 0 saturated carbocycles. The number of para-hydroxylation sites is 1. The Hall–Kier alpha value is -2.23. The van der Waals surface area contributed by atoms with Crippen LogP contribution in [0.1, 0.15) is 23.2 Å². The monoisotopic (exact) mass is 241 g/mol. The molecule has 1 heterocycles. The van der Waals surface area contributed by atoms with Crippen molar-refractivity contribution in [2.45, 2.75) is 13.8 Å². The van der Waals surface area contributed by atoms with Crippen molar-refractivity contribution in [2.75, 3.05) is 11.4 Å². The largest absolute Gasteiger partial charge is 0.307 e. The van der Waals surface area contributed by atoms with Crippen molar-refractivity contribution in [1.82, 2.24) is 9.97 Å². The van der Waals surface area contributed by atoms with Crippen molar-refractivity contribution in [3.8, 4) is 0 Å². The lowest BCUT2D eigenvalue weighted by molar-refractivity contribution is 0.0983. The summed E-state index contributed by atoms with van der Waals surface area (Å²) in [4.78, 5) is 22.2. The van der Waals surface area contributed by atoms with E-state index >= 15 is 0 Å². The van der Waals surface area contributed by atoms with Crippen LogP contribution in [-0.4, -0.2) is 22.4 Å². The quantitative estimate of drug-likeness (QED) is 0.829. The third-order valence-electron chi connectivity index (χ3n) is 2.62. The maximum absolute atomic E-state index is 12.4. The summed E-state index contributed by atoms with van der Waals surface area (Å²) in [6.07, 6.45) is 1.61. The first-order valence-corrected chi connectivity index (χ1v) is 5.89. The maximum Gasteiger partial charge on any atom is 0.276 e. The predicted molar refractivity (Wildman–Crippen MR) is 70.6 cm³/mol. The molecule has 1 aromatic heterocycles. The molecule has 4 nitrogen and oxygen atoms in total. The van der Waals surface area contributed by atoms with Crippen LogP contribution in [0.25, 0.3) is 0 Å². The molecule has 0 bridgehead atoms. The Balaban J connectivity index is 2.32. The molecule has 0 saturated heterocycles. The van der Waals surface area contributed by atoms with Gasteiger partial charge in [-0.2, -0.15) is 0 Å². The van der Waals surface area contributed by atoms with E-state index in [1.165, 1.54) is 0 Å². The van der Waals surface area contributed by atoms with Crippen LogP contribution in [0.4, 0.5) is 5.69 Å². The van der Waals surface area contributed by atoms with Crippen LogP contribution in [-0.2, 0) is 0 Å². The van der Waals surface area contributed by atoms with Crippen LogP contribution in [0, 0.1) is 6.92 Å². The Bertz CT molecular complexity index is 540. The van der Waals surface area contributed by atoms with E-state index in [2.05, 4.69) is 9.97 Å². The zero-order valence-electron chi connectivity index (χ0n) is 10.5. The SMILES string of the molecule is CCN(C(=O)c1ccnc(C)n1)c1ccccc1. The van der Waals surface area contributed by atoms with Gasteiger partial charge in [0.25, 0.3) is 5.91 Å². The van der Waals surface area contributed by atoms with Gasteiger partial charge in [-0.3, -0.25) is 4.79 Å². The topological polar surface area (TPSA) is 46.1 Å².